The molecule has 0 saturated heterocycles. The summed E-state index contributed by atoms with van der Waals surface area (Å²) in [7, 11) is 0. The van der Waals surface area contributed by atoms with Crippen LogP contribution in [-0.4, -0.2) is 20.9 Å². The third-order valence-corrected chi connectivity index (χ3v) is 3.96. The lowest BCUT2D eigenvalue weighted by molar-refractivity contribution is 0.298. The van der Waals surface area contributed by atoms with Gasteiger partial charge in [0.05, 0.1) is 5.70 Å². The maximum absolute atomic E-state index is 12.0. The van der Waals surface area contributed by atoms with Crippen molar-refractivity contribution in [3.8, 4) is 5.88 Å². The van der Waals surface area contributed by atoms with Crippen LogP contribution in [0.4, 0.5) is 0 Å². The van der Waals surface area contributed by atoms with Gasteiger partial charge >= 0.3 is 5.69 Å². The lowest BCUT2D eigenvalue weighted by Crippen LogP contribution is -2.34. The van der Waals surface area contributed by atoms with E-state index in [0.717, 1.165) is 32.1 Å². The van der Waals surface area contributed by atoms with Crippen molar-refractivity contribution in [3.05, 3.63) is 44.3 Å². The largest absolute Gasteiger partial charge is 0.494 e. The Hall–Kier alpha value is -2.37. The van der Waals surface area contributed by atoms with Crippen molar-refractivity contribution in [3.63, 3.8) is 0 Å². The Labute approximate surface area is 121 Å². The lowest BCUT2D eigenvalue weighted by Gasteiger charge is -2.24. The minimum Gasteiger partial charge on any atom is -0.494 e. The fourth-order valence-corrected chi connectivity index (χ4v) is 2.91. The second-order valence-corrected chi connectivity index (χ2v) is 5.36. The monoisotopic (exact) mass is 287 g/mol. The molecule has 3 rings (SSSR count). The van der Waals surface area contributed by atoms with Gasteiger partial charge in [0.15, 0.2) is 0 Å². The number of rotatable bonds is 2. The molecular formula is C15H17N3O3. The zero-order valence-corrected chi connectivity index (χ0v) is 11.6. The van der Waals surface area contributed by atoms with Gasteiger partial charge in [0.25, 0.3) is 5.56 Å². The van der Waals surface area contributed by atoms with Crippen molar-refractivity contribution in [2.45, 2.75) is 38.1 Å². The molecule has 0 radical (unpaired) electrons. The smallest absolute Gasteiger partial charge is 0.331 e. The summed E-state index contributed by atoms with van der Waals surface area (Å²) in [5, 5.41) is 10.4. The van der Waals surface area contributed by atoms with E-state index < -0.39 is 11.2 Å². The number of hydrogen-bond acceptors (Lipinski definition) is 4. The number of H-pyrrole nitrogens is 1. The fourth-order valence-electron chi connectivity index (χ4n) is 2.91. The molecule has 2 heterocycles. The van der Waals surface area contributed by atoms with Gasteiger partial charge in [-0.05, 0) is 31.1 Å². The summed E-state index contributed by atoms with van der Waals surface area (Å²) in [6, 6.07) is -0.0529. The van der Waals surface area contributed by atoms with Gasteiger partial charge < -0.3 is 5.11 Å². The third kappa shape index (κ3) is 2.61. The van der Waals surface area contributed by atoms with Crippen LogP contribution >= 0.6 is 0 Å². The molecule has 21 heavy (non-hydrogen) atoms. The molecule has 6 nitrogen and oxygen atoms in total. The van der Waals surface area contributed by atoms with Crippen molar-refractivity contribution in [1.29, 1.82) is 0 Å². The minimum absolute atomic E-state index is 0.0529. The number of nitrogens with zero attached hydrogens (tertiary/aromatic N) is 2. The molecule has 0 aromatic carbocycles. The molecule has 0 unspecified atom stereocenters. The van der Waals surface area contributed by atoms with Gasteiger partial charge in [-0.2, -0.15) is 0 Å². The maximum atomic E-state index is 12.0. The van der Waals surface area contributed by atoms with E-state index >= 15 is 0 Å². The van der Waals surface area contributed by atoms with Crippen LogP contribution in [-0.2, 0) is 0 Å². The summed E-state index contributed by atoms with van der Waals surface area (Å²) < 4.78 is 1.31. The van der Waals surface area contributed by atoms with E-state index in [2.05, 4.69) is 9.98 Å². The maximum Gasteiger partial charge on any atom is 0.331 e. The molecule has 0 spiro atoms. The Morgan fingerprint density at radius 3 is 2.71 bits per heavy atom. The number of aromatic hydroxyl groups is 1. The third-order valence-electron chi connectivity index (χ3n) is 3.96. The molecule has 110 valence electrons. The Kier molecular flexibility index (Phi) is 3.60. The molecular weight excluding hydrogens is 270 g/mol. The first-order chi connectivity index (χ1) is 10.2. The van der Waals surface area contributed by atoms with Gasteiger partial charge in [-0.25, -0.2) is 4.79 Å². The SMILES string of the molecule is O=c1[nH]c(=O)n(C2CCCCC2)c(O)c1/C=C1/C=CC=N1. The summed E-state index contributed by atoms with van der Waals surface area (Å²) >= 11 is 0. The van der Waals surface area contributed by atoms with E-state index in [1.54, 1.807) is 18.4 Å². The Balaban J connectivity index is 2.11. The molecule has 0 amide bonds. The van der Waals surface area contributed by atoms with Crippen molar-refractivity contribution in [2.75, 3.05) is 0 Å². The minimum atomic E-state index is -0.590. The fraction of sp³-hybridized carbons (Fsp3) is 0.400. The van der Waals surface area contributed by atoms with Crippen LogP contribution in [0.1, 0.15) is 43.7 Å². The van der Waals surface area contributed by atoms with Crippen LogP contribution < -0.4 is 11.2 Å². The van der Waals surface area contributed by atoms with Gasteiger partial charge in [0.2, 0.25) is 5.88 Å². The van der Waals surface area contributed by atoms with Crippen molar-refractivity contribution < 1.29 is 5.11 Å². The number of aromatic nitrogens is 2. The van der Waals surface area contributed by atoms with Crippen molar-refractivity contribution >= 4 is 12.3 Å². The molecule has 2 N–H and O–H groups in total. The Bertz CT molecular complexity index is 732. The van der Waals surface area contributed by atoms with E-state index in [1.165, 1.54) is 10.6 Å². The second kappa shape index (κ2) is 5.55. The summed E-state index contributed by atoms with van der Waals surface area (Å²) in [5.41, 5.74) is -0.479. The van der Waals surface area contributed by atoms with E-state index in [-0.39, 0.29) is 17.5 Å². The highest BCUT2D eigenvalue weighted by Crippen LogP contribution is 2.30. The molecule has 1 aromatic rings. The van der Waals surface area contributed by atoms with Crippen LogP contribution in [0.5, 0.6) is 5.88 Å². The van der Waals surface area contributed by atoms with E-state index in [4.69, 9.17) is 0 Å². The van der Waals surface area contributed by atoms with Crippen LogP contribution in [0.2, 0.25) is 0 Å². The molecule has 0 atom stereocenters. The highest BCUT2D eigenvalue weighted by atomic mass is 16.3. The summed E-state index contributed by atoms with van der Waals surface area (Å²) in [6.45, 7) is 0. The average molecular weight is 287 g/mol. The number of allylic oxidation sites excluding steroid dienone is 2. The number of hydrogen-bond donors (Lipinski definition) is 2. The predicted molar refractivity (Wildman–Crippen MR) is 80.7 cm³/mol. The van der Waals surface area contributed by atoms with Gasteiger partial charge in [-0.15, -0.1) is 0 Å². The molecule has 0 bridgehead atoms. The molecule has 6 heteroatoms. The first kappa shape index (κ1) is 13.6. The highest BCUT2D eigenvalue weighted by Gasteiger charge is 2.22. The molecule has 1 fully saturated rings. The summed E-state index contributed by atoms with van der Waals surface area (Å²) in [5.74, 6) is -0.265. The van der Waals surface area contributed by atoms with Crippen LogP contribution in [0.15, 0.2) is 32.4 Å². The first-order valence-corrected chi connectivity index (χ1v) is 7.17. The van der Waals surface area contributed by atoms with Crippen molar-refractivity contribution in [1.82, 2.24) is 9.55 Å². The van der Waals surface area contributed by atoms with Crippen molar-refractivity contribution in [2.24, 2.45) is 4.99 Å². The van der Waals surface area contributed by atoms with E-state index in [1.807, 2.05) is 0 Å². The number of nitrogens with one attached hydrogen (secondary N) is 1. The molecule has 1 aliphatic carbocycles. The standard InChI is InChI=1S/C15H17N3O3/c19-13-12(9-10-5-4-8-16-10)14(20)18(15(21)17-13)11-6-2-1-3-7-11/h4-5,8-9,11,20H,1-3,6-7H2,(H,17,19,21)/b10-9-. The quantitative estimate of drug-likeness (QED) is 0.868. The Morgan fingerprint density at radius 2 is 2.05 bits per heavy atom. The van der Waals surface area contributed by atoms with Gasteiger partial charge in [-0.1, -0.05) is 19.3 Å². The Morgan fingerprint density at radius 1 is 1.29 bits per heavy atom. The van der Waals surface area contributed by atoms with E-state index in [0.29, 0.717) is 5.70 Å². The molecule has 2 aliphatic rings. The number of aliphatic imine (C=N–C) groups is 1. The molecule has 1 saturated carbocycles. The summed E-state index contributed by atoms with van der Waals surface area (Å²) in [6.07, 6.45) is 11.5. The highest BCUT2D eigenvalue weighted by molar-refractivity contribution is 5.79. The van der Waals surface area contributed by atoms with Crippen LogP contribution in [0.25, 0.3) is 6.08 Å². The lowest BCUT2D eigenvalue weighted by atomic mass is 9.95. The van der Waals surface area contributed by atoms with Crippen LogP contribution in [0.3, 0.4) is 0 Å². The van der Waals surface area contributed by atoms with E-state index in [9.17, 15) is 14.7 Å². The molecule has 1 aliphatic heterocycles. The topological polar surface area (TPSA) is 87.5 Å². The second-order valence-electron chi connectivity index (χ2n) is 5.36. The predicted octanol–water partition coefficient (Wildman–Crippen LogP) is 1.73. The van der Waals surface area contributed by atoms with Gasteiger partial charge in [-0.3, -0.25) is 19.3 Å². The average Bonchev–Trinajstić information content (AvgIpc) is 2.97. The number of aromatic amines is 1. The summed E-state index contributed by atoms with van der Waals surface area (Å²) in [4.78, 5) is 30.3. The van der Waals surface area contributed by atoms with Crippen LogP contribution in [0, 0.1) is 0 Å². The first-order valence-electron chi connectivity index (χ1n) is 7.17. The molecule has 1 aromatic heterocycles. The van der Waals surface area contributed by atoms with Gasteiger partial charge in [0.1, 0.15) is 5.56 Å². The zero-order chi connectivity index (χ0) is 14.8. The normalized spacial score (nSPS) is 20.5. The zero-order valence-electron chi connectivity index (χ0n) is 11.6. The van der Waals surface area contributed by atoms with Gasteiger partial charge in [0, 0.05) is 12.3 Å².